The van der Waals surface area contributed by atoms with Crippen LogP contribution in [0.15, 0.2) is 12.3 Å². The summed E-state index contributed by atoms with van der Waals surface area (Å²) in [5.74, 6) is -1.76. The standard InChI is InChI=1S/C16H20F2N2O3/c17-11-7-13(18)15(19-8-11)16(21)20-14-3-6-23-9-12(14)10-1-4-22-5-2-10/h7-8,10,12,14H,1-6,9H2,(H,20,21)/t12-,14-/m0/s1. The van der Waals surface area contributed by atoms with Crippen LogP contribution in [-0.4, -0.2) is 43.4 Å². The number of carbonyl (C=O) groups excluding carboxylic acids is 1. The van der Waals surface area contributed by atoms with E-state index in [2.05, 4.69) is 10.3 Å². The van der Waals surface area contributed by atoms with Gasteiger partial charge in [-0.25, -0.2) is 13.8 Å². The molecule has 2 saturated heterocycles. The highest BCUT2D eigenvalue weighted by molar-refractivity contribution is 5.92. The SMILES string of the molecule is O=C(N[C@H]1CCOC[C@H]1C1CCOCC1)c1ncc(F)cc1F. The molecule has 0 aliphatic carbocycles. The molecule has 5 nitrogen and oxygen atoms in total. The lowest BCUT2D eigenvalue weighted by Crippen LogP contribution is -2.49. The lowest BCUT2D eigenvalue weighted by atomic mass is 9.79. The summed E-state index contributed by atoms with van der Waals surface area (Å²) in [7, 11) is 0. The highest BCUT2D eigenvalue weighted by atomic mass is 19.1. The van der Waals surface area contributed by atoms with E-state index in [0.29, 0.717) is 31.6 Å². The predicted octanol–water partition coefficient (Wildman–Crippen LogP) is 1.92. The van der Waals surface area contributed by atoms with Gasteiger partial charge >= 0.3 is 0 Å². The first-order chi connectivity index (χ1) is 11.1. The average molecular weight is 326 g/mol. The van der Waals surface area contributed by atoms with Crippen LogP contribution in [-0.2, 0) is 9.47 Å². The molecule has 1 amide bonds. The number of nitrogens with zero attached hydrogens (tertiary/aromatic N) is 1. The lowest BCUT2D eigenvalue weighted by molar-refractivity contribution is -0.0259. The molecule has 0 unspecified atom stereocenters. The zero-order chi connectivity index (χ0) is 16.2. The lowest BCUT2D eigenvalue weighted by Gasteiger charge is -2.38. The van der Waals surface area contributed by atoms with Crippen molar-refractivity contribution in [1.29, 1.82) is 0 Å². The molecule has 0 radical (unpaired) electrons. The van der Waals surface area contributed by atoms with Crippen LogP contribution in [0, 0.1) is 23.5 Å². The molecule has 3 rings (SSSR count). The van der Waals surface area contributed by atoms with Crippen molar-refractivity contribution in [2.45, 2.75) is 25.3 Å². The second-order valence-corrected chi connectivity index (χ2v) is 6.04. The summed E-state index contributed by atoms with van der Waals surface area (Å²) in [5, 5.41) is 2.86. The third-order valence-electron chi connectivity index (χ3n) is 4.61. The van der Waals surface area contributed by atoms with E-state index in [1.54, 1.807) is 0 Å². The van der Waals surface area contributed by atoms with Crippen LogP contribution in [0.25, 0.3) is 0 Å². The first-order valence-corrected chi connectivity index (χ1v) is 7.92. The number of ether oxygens (including phenoxy) is 2. The quantitative estimate of drug-likeness (QED) is 0.922. The highest BCUT2D eigenvalue weighted by Crippen LogP contribution is 2.30. The molecule has 2 atom stereocenters. The van der Waals surface area contributed by atoms with Crippen molar-refractivity contribution in [1.82, 2.24) is 10.3 Å². The molecular weight excluding hydrogens is 306 g/mol. The molecule has 0 saturated carbocycles. The van der Waals surface area contributed by atoms with Crippen molar-refractivity contribution < 1.29 is 23.0 Å². The molecule has 1 N–H and O–H groups in total. The molecule has 23 heavy (non-hydrogen) atoms. The van der Waals surface area contributed by atoms with Gasteiger partial charge in [0.15, 0.2) is 11.5 Å². The van der Waals surface area contributed by atoms with Crippen LogP contribution in [0.3, 0.4) is 0 Å². The summed E-state index contributed by atoms with van der Waals surface area (Å²) in [4.78, 5) is 15.8. The van der Waals surface area contributed by atoms with E-state index in [9.17, 15) is 13.6 Å². The fourth-order valence-electron chi connectivity index (χ4n) is 3.37. The van der Waals surface area contributed by atoms with Crippen molar-refractivity contribution in [3.8, 4) is 0 Å². The second kappa shape index (κ2) is 7.31. The third kappa shape index (κ3) is 3.84. The van der Waals surface area contributed by atoms with Crippen LogP contribution in [0.1, 0.15) is 29.8 Å². The van der Waals surface area contributed by atoms with Gasteiger partial charge in [0, 0.05) is 37.8 Å². The van der Waals surface area contributed by atoms with Gasteiger partial charge in [0.25, 0.3) is 5.91 Å². The Morgan fingerprint density at radius 2 is 1.91 bits per heavy atom. The van der Waals surface area contributed by atoms with E-state index in [-0.39, 0.29) is 17.7 Å². The van der Waals surface area contributed by atoms with Crippen molar-refractivity contribution >= 4 is 5.91 Å². The van der Waals surface area contributed by atoms with Gasteiger partial charge in [-0.2, -0.15) is 0 Å². The van der Waals surface area contributed by atoms with Crippen molar-refractivity contribution in [3.63, 3.8) is 0 Å². The molecule has 0 spiro atoms. The summed E-state index contributed by atoms with van der Waals surface area (Å²) < 4.78 is 37.6. The third-order valence-corrected chi connectivity index (χ3v) is 4.61. The minimum Gasteiger partial charge on any atom is -0.381 e. The number of aromatic nitrogens is 1. The van der Waals surface area contributed by atoms with Crippen LogP contribution in [0.4, 0.5) is 8.78 Å². The molecule has 2 aliphatic rings. The van der Waals surface area contributed by atoms with Crippen LogP contribution in [0.5, 0.6) is 0 Å². The molecular formula is C16H20F2N2O3. The maximum Gasteiger partial charge on any atom is 0.273 e. The van der Waals surface area contributed by atoms with Gasteiger partial charge in [-0.1, -0.05) is 0 Å². The number of rotatable bonds is 3. The Morgan fingerprint density at radius 1 is 1.17 bits per heavy atom. The van der Waals surface area contributed by atoms with E-state index >= 15 is 0 Å². The molecule has 2 aliphatic heterocycles. The Balaban J connectivity index is 1.69. The number of pyridine rings is 1. The molecule has 0 bridgehead atoms. The topological polar surface area (TPSA) is 60.5 Å². The van der Waals surface area contributed by atoms with E-state index in [0.717, 1.165) is 32.3 Å². The monoisotopic (exact) mass is 326 g/mol. The van der Waals surface area contributed by atoms with Crippen LogP contribution >= 0.6 is 0 Å². The Labute approximate surface area is 133 Å². The van der Waals surface area contributed by atoms with Gasteiger partial charge in [0.2, 0.25) is 0 Å². The van der Waals surface area contributed by atoms with Crippen molar-refractivity contribution in [2.24, 2.45) is 11.8 Å². The van der Waals surface area contributed by atoms with Gasteiger partial charge in [0.1, 0.15) is 5.82 Å². The zero-order valence-electron chi connectivity index (χ0n) is 12.8. The fourth-order valence-corrected chi connectivity index (χ4v) is 3.37. The second-order valence-electron chi connectivity index (χ2n) is 6.04. The maximum atomic E-state index is 13.7. The Hall–Kier alpha value is -1.60. The van der Waals surface area contributed by atoms with Gasteiger partial charge < -0.3 is 14.8 Å². The normalized spacial score (nSPS) is 26.0. The molecule has 126 valence electrons. The summed E-state index contributed by atoms with van der Waals surface area (Å²) in [6.45, 7) is 2.57. The number of hydrogen-bond donors (Lipinski definition) is 1. The molecule has 1 aromatic rings. The van der Waals surface area contributed by atoms with Crippen molar-refractivity contribution in [3.05, 3.63) is 29.6 Å². The van der Waals surface area contributed by atoms with Crippen LogP contribution < -0.4 is 5.32 Å². The Bertz CT molecular complexity index is 564. The highest BCUT2D eigenvalue weighted by Gasteiger charge is 2.35. The number of halogens is 2. The van der Waals surface area contributed by atoms with Gasteiger partial charge in [-0.15, -0.1) is 0 Å². The average Bonchev–Trinajstić information content (AvgIpc) is 2.56. The van der Waals surface area contributed by atoms with E-state index in [1.807, 2.05) is 0 Å². The van der Waals surface area contributed by atoms with Gasteiger partial charge in [-0.05, 0) is 25.2 Å². The minimum absolute atomic E-state index is 0.0920. The molecule has 3 heterocycles. The Kier molecular flexibility index (Phi) is 5.17. The number of hydrogen-bond acceptors (Lipinski definition) is 4. The largest absolute Gasteiger partial charge is 0.381 e. The minimum atomic E-state index is -0.947. The van der Waals surface area contributed by atoms with Crippen LogP contribution in [0.2, 0.25) is 0 Å². The van der Waals surface area contributed by atoms with Gasteiger partial charge in [-0.3, -0.25) is 4.79 Å². The predicted molar refractivity (Wildman–Crippen MR) is 77.9 cm³/mol. The Morgan fingerprint density at radius 3 is 2.65 bits per heavy atom. The maximum absolute atomic E-state index is 13.7. The summed E-state index contributed by atoms with van der Waals surface area (Å²) in [6.07, 6.45) is 3.39. The number of amides is 1. The van der Waals surface area contributed by atoms with Gasteiger partial charge in [0.05, 0.1) is 12.8 Å². The fraction of sp³-hybridized carbons (Fsp3) is 0.625. The molecule has 0 aromatic carbocycles. The smallest absolute Gasteiger partial charge is 0.273 e. The zero-order valence-corrected chi connectivity index (χ0v) is 12.8. The molecule has 1 aromatic heterocycles. The summed E-state index contributed by atoms with van der Waals surface area (Å²) in [5.41, 5.74) is -0.372. The first kappa shape index (κ1) is 16.3. The summed E-state index contributed by atoms with van der Waals surface area (Å²) in [6, 6.07) is 0.576. The van der Waals surface area contributed by atoms with E-state index in [4.69, 9.17) is 9.47 Å². The van der Waals surface area contributed by atoms with E-state index < -0.39 is 17.5 Å². The molecule has 7 heteroatoms. The van der Waals surface area contributed by atoms with E-state index in [1.165, 1.54) is 0 Å². The van der Waals surface area contributed by atoms with Crippen molar-refractivity contribution in [2.75, 3.05) is 26.4 Å². The number of nitrogens with one attached hydrogen (secondary N) is 1. The summed E-state index contributed by atoms with van der Waals surface area (Å²) >= 11 is 0. The number of carbonyl (C=O) groups is 1. The first-order valence-electron chi connectivity index (χ1n) is 7.92. The molecule has 2 fully saturated rings.